The van der Waals surface area contributed by atoms with Crippen LogP contribution in [-0.2, 0) is 19.1 Å². The van der Waals surface area contributed by atoms with Gasteiger partial charge in [-0.25, -0.2) is 9.59 Å². The molecule has 174 valence electrons. The normalized spacial score (nSPS) is 24.8. The van der Waals surface area contributed by atoms with Crippen molar-refractivity contribution in [1.82, 2.24) is 0 Å². The van der Waals surface area contributed by atoms with Crippen LogP contribution in [0.4, 0.5) is 0 Å². The highest BCUT2D eigenvalue weighted by atomic mass is 32.2. The van der Waals surface area contributed by atoms with Gasteiger partial charge in [-0.05, 0) is 24.3 Å². The average Bonchev–Trinajstić information content (AvgIpc) is 3.48. The Morgan fingerprint density at radius 3 is 1.62 bits per heavy atom. The van der Waals surface area contributed by atoms with E-state index in [0.29, 0.717) is 32.9 Å². The van der Waals surface area contributed by atoms with E-state index in [1.54, 1.807) is 0 Å². The minimum atomic E-state index is -0.342. The third kappa shape index (κ3) is 9.18. The van der Waals surface area contributed by atoms with Gasteiger partial charge in [-0.15, -0.1) is 70.6 Å². The van der Waals surface area contributed by atoms with Crippen molar-refractivity contribution in [2.75, 3.05) is 36.2 Å². The van der Waals surface area contributed by atoms with E-state index in [1.807, 2.05) is 70.6 Å². The first-order valence-corrected chi connectivity index (χ1v) is 16.0. The van der Waals surface area contributed by atoms with Crippen LogP contribution in [0.1, 0.15) is 0 Å². The summed E-state index contributed by atoms with van der Waals surface area (Å²) in [5.41, 5.74) is 0. The maximum absolute atomic E-state index is 11.2. The number of thioether (sulfide) groups is 6. The van der Waals surface area contributed by atoms with Gasteiger partial charge in [0.2, 0.25) is 0 Å². The fraction of sp³-hybridized carbons (Fsp3) is 0.455. The van der Waals surface area contributed by atoms with E-state index in [2.05, 4.69) is 37.4 Å². The van der Waals surface area contributed by atoms with Crippen molar-refractivity contribution in [2.24, 2.45) is 0 Å². The summed E-state index contributed by atoms with van der Waals surface area (Å²) in [4.78, 5) is 25.0. The standard InChI is InChI=1S/C22H26O4S6/c1-3-19(23)25-9-17-11-29-21(31-17)13-27-15-5-7-16(8-6-15)28-14-22-30-12-18(32-22)10-26-20(24)4-2/h3-8,17-18,21-22H,1-2,9-14H2. The molecule has 2 saturated heterocycles. The highest BCUT2D eigenvalue weighted by Crippen LogP contribution is 2.42. The van der Waals surface area contributed by atoms with E-state index < -0.39 is 0 Å². The number of carbonyl (C=O) groups excluding carboxylic acids is 2. The molecule has 0 aromatic heterocycles. The Bertz CT molecular complexity index is 722. The van der Waals surface area contributed by atoms with Crippen molar-refractivity contribution in [1.29, 1.82) is 0 Å². The third-order valence-electron chi connectivity index (χ3n) is 4.38. The van der Waals surface area contributed by atoms with Crippen molar-refractivity contribution in [3.05, 3.63) is 49.6 Å². The lowest BCUT2D eigenvalue weighted by Gasteiger charge is -2.11. The Labute approximate surface area is 215 Å². The number of ether oxygens (including phenoxy) is 2. The van der Waals surface area contributed by atoms with Gasteiger partial charge in [0.1, 0.15) is 13.2 Å². The van der Waals surface area contributed by atoms with Crippen LogP contribution in [0.2, 0.25) is 0 Å². The van der Waals surface area contributed by atoms with Crippen molar-refractivity contribution in [3.8, 4) is 0 Å². The van der Waals surface area contributed by atoms with E-state index >= 15 is 0 Å². The molecular weight excluding hydrogens is 521 g/mol. The maximum Gasteiger partial charge on any atom is 0.330 e. The zero-order valence-corrected chi connectivity index (χ0v) is 22.4. The topological polar surface area (TPSA) is 52.6 Å². The lowest BCUT2D eigenvalue weighted by atomic mass is 10.4. The fourth-order valence-corrected chi connectivity index (χ4v) is 11.7. The minimum Gasteiger partial charge on any atom is -0.461 e. The predicted octanol–water partition coefficient (Wildman–Crippen LogP) is 5.68. The van der Waals surface area contributed by atoms with E-state index in [0.717, 1.165) is 23.0 Å². The van der Waals surface area contributed by atoms with Crippen LogP contribution in [0, 0.1) is 0 Å². The molecule has 1 aromatic carbocycles. The minimum absolute atomic E-state index is 0.342. The highest BCUT2D eigenvalue weighted by Gasteiger charge is 2.28. The van der Waals surface area contributed by atoms with Crippen molar-refractivity contribution in [3.63, 3.8) is 0 Å². The summed E-state index contributed by atoms with van der Waals surface area (Å²) in [6.45, 7) is 7.79. The lowest BCUT2D eigenvalue weighted by Crippen LogP contribution is -2.14. The van der Waals surface area contributed by atoms with Crippen molar-refractivity contribution in [2.45, 2.75) is 29.5 Å². The summed E-state index contributed by atoms with van der Waals surface area (Å²) in [7, 11) is 0. The largest absolute Gasteiger partial charge is 0.461 e. The number of rotatable bonds is 12. The van der Waals surface area contributed by atoms with Gasteiger partial charge in [0.25, 0.3) is 0 Å². The van der Waals surface area contributed by atoms with E-state index in [1.165, 1.54) is 21.9 Å². The molecule has 4 unspecified atom stereocenters. The van der Waals surface area contributed by atoms with Gasteiger partial charge in [-0.2, -0.15) is 0 Å². The molecule has 2 fully saturated rings. The molecule has 10 heteroatoms. The quantitative estimate of drug-likeness (QED) is 0.186. The molecule has 0 radical (unpaired) electrons. The first-order chi connectivity index (χ1) is 15.6. The van der Waals surface area contributed by atoms with Gasteiger partial charge in [-0.3, -0.25) is 0 Å². The molecule has 0 amide bonds. The van der Waals surface area contributed by atoms with Gasteiger partial charge in [0.15, 0.2) is 0 Å². The Balaban J connectivity index is 1.31. The van der Waals surface area contributed by atoms with Gasteiger partial charge in [0.05, 0.1) is 9.16 Å². The second-order valence-corrected chi connectivity index (χ2v) is 15.1. The molecule has 1 aromatic rings. The van der Waals surface area contributed by atoms with Crippen LogP contribution >= 0.6 is 70.6 Å². The monoisotopic (exact) mass is 546 g/mol. The Hall–Kier alpha value is -0.260. The molecule has 4 nitrogen and oxygen atoms in total. The van der Waals surface area contributed by atoms with Crippen LogP contribution in [0.5, 0.6) is 0 Å². The maximum atomic E-state index is 11.2. The predicted molar refractivity (Wildman–Crippen MR) is 145 cm³/mol. The smallest absolute Gasteiger partial charge is 0.330 e. The van der Waals surface area contributed by atoms with Crippen LogP contribution < -0.4 is 0 Å². The van der Waals surface area contributed by atoms with Crippen molar-refractivity contribution < 1.29 is 19.1 Å². The van der Waals surface area contributed by atoms with Gasteiger partial charge in [-0.1, -0.05) is 13.2 Å². The Morgan fingerprint density at radius 2 is 1.25 bits per heavy atom. The molecule has 0 spiro atoms. The molecule has 2 heterocycles. The number of benzene rings is 1. The molecule has 4 atom stereocenters. The second kappa shape index (κ2) is 14.2. The van der Waals surface area contributed by atoms with E-state index in [-0.39, 0.29) is 11.9 Å². The number of hydrogen-bond acceptors (Lipinski definition) is 10. The van der Waals surface area contributed by atoms with Crippen LogP contribution in [-0.4, -0.2) is 67.8 Å². The van der Waals surface area contributed by atoms with Crippen molar-refractivity contribution >= 4 is 82.5 Å². The molecule has 2 aliphatic heterocycles. The molecular formula is C22H26O4S6. The summed E-state index contributed by atoms with van der Waals surface area (Å²) >= 11 is 11.5. The fourth-order valence-electron chi connectivity index (χ4n) is 2.79. The number of esters is 2. The van der Waals surface area contributed by atoms with Crippen LogP contribution in [0.25, 0.3) is 0 Å². The zero-order chi connectivity index (χ0) is 22.8. The van der Waals surface area contributed by atoms with Crippen LogP contribution in [0.3, 0.4) is 0 Å². The summed E-state index contributed by atoms with van der Waals surface area (Å²) in [6.07, 6.45) is 2.43. The van der Waals surface area contributed by atoms with E-state index in [9.17, 15) is 9.59 Å². The second-order valence-electron chi connectivity index (χ2n) is 6.80. The van der Waals surface area contributed by atoms with Gasteiger partial charge >= 0.3 is 11.9 Å². The molecule has 0 bridgehead atoms. The lowest BCUT2D eigenvalue weighted by molar-refractivity contribution is -0.138. The summed E-state index contributed by atoms with van der Waals surface area (Å²) in [6, 6.07) is 8.81. The summed E-state index contributed by atoms with van der Waals surface area (Å²) in [5, 5.41) is 0.737. The van der Waals surface area contributed by atoms with Gasteiger partial charge < -0.3 is 9.47 Å². The highest BCUT2D eigenvalue weighted by molar-refractivity contribution is 8.22. The molecule has 3 rings (SSSR count). The third-order valence-corrected chi connectivity index (χ3v) is 13.9. The van der Waals surface area contributed by atoms with E-state index in [4.69, 9.17) is 9.47 Å². The molecule has 32 heavy (non-hydrogen) atoms. The molecule has 2 aliphatic rings. The Morgan fingerprint density at radius 1 is 0.844 bits per heavy atom. The molecule has 0 saturated carbocycles. The number of hydrogen-bond donors (Lipinski definition) is 0. The molecule has 0 aliphatic carbocycles. The summed E-state index contributed by atoms with van der Waals surface area (Å²) in [5.74, 6) is 3.44. The molecule has 0 N–H and O–H groups in total. The average molecular weight is 547 g/mol. The Kier molecular flexibility index (Phi) is 11.7. The zero-order valence-electron chi connectivity index (χ0n) is 17.5. The first-order valence-electron chi connectivity index (χ1n) is 10.0. The van der Waals surface area contributed by atoms with Gasteiger partial charge in [0, 0.05) is 55.5 Å². The summed E-state index contributed by atoms with van der Waals surface area (Å²) < 4.78 is 11.4. The van der Waals surface area contributed by atoms with Crippen LogP contribution in [0.15, 0.2) is 59.4 Å². The number of carbonyl (C=O) groups is 2. The SMILES string of the molecule is C=CC(=O)OCC1CSC(CSc2ccc(SCC3SCC(COC(=O)C=C)S3)cc2)S1. The first kappa shape index (κ1) is 26.3.